The zero-order valence-electron chi connectivity index (χ0n) is 14.2. The van der Waals surface area contributed by atoms with Crippen LogP contribution in [0.15, 0.2) is 54.6 Å². The molecule has 24 heavy (non-hydrogen) atoms. The second-order valence-electron chi connectivity index (χ2n) is 6.45. The maximum atomic E-state index is 12.4. The van der Waals surface area contributed by atoms with Crippen LogP contribution in [0, 0.1) is 0 Å². The topological polar surface area (TPSA) is 32.3 Å². The largest absolute Gasteiger partial charge is 0.370 e. The number of benzene rings is 2. The molecule has 2 aromatic rings. The van der Waals surface area contributed by atoms with E-state index in [9.17, 15) is 4.79 Å². The number of aryl methyl sites for hydroxylation is 1. The van der Waals surface area contributed by atoms with E-state index in [1.165, 1.54) is 31.2 Å². The molecular formula is C21H26N2O. The molecule has 1 saturated heterocycles. The quantitative estimate of drug-likeness (QED) is 0.870. The summed E-state index contributed by atoms with van der Waals surface area (Å²) in [5, 5.41) is 3.12. The standard InChI is InChI=1S/C21H26N2O/c24-21(15-14-18-10-4-3-5-11-18)22-19-12-6-7-13-20(19)23-16-8-1-2-9-17-23/h3-7,10-13H,1-2,8-9,14-17H2,(H,22,24). The molecule has 0 radical (unpaired) electrons. The van der Waals surface area contributed by atoms with Gasteiger partial charge in [0.2, 0.25) is 5.91 Å². The monoisotopic (exact) mass is 322 g/mol. The Balaban J connectivity index is 1.63. The van der Waals surface area contributed by atoms with Crippen molar-refractivity contribution in [2.24, 2.45) is 0 Å². The highest BCUT2D eigenvalue weighted by Gasteiger charge is 2.14. The molecule has 1 fully saturated rings. The van der Waals surface area contributed by atoms with Crippen LogP contribution >= 0.6 is 0 Å². The first kappa shape index (κ1) is 16.6. The molecule has 0 spiro atoms. The number of carbonyl (C=O) groups excluding carboxylic acids is 1. The molecule has 0 bridgehead atoms. The van der Waals surface area contributed by atoms with Gasteiger partial charge in [0.1, 0.15) is 0 Å². The molecule has 3 nitrogen and oxygen atoms in total. The van der Waals surface area contributed by atoms with Gasteiger partial charge in [-0.15, -0.1) is 0 Å². The zero-order chi connectivity index (χ0) is 16.6. The highest BCUT2D eigenvalue weighted by molar-refractivity contribution is 5.94. The Kier molecular flexibility index (Phi) is 5.89. The van der Waals surface area contributed by atoms with Crippen molar-refractivity contribution in [3.05, 3.63) is 60.2 Å². The third-order valence-corrected chi connectivity index (χ3v) is 4.61. The fourth-order valence-corrected chi connectivity index (χ4v) is 3.28. The van der Waals surface area contributed by atoms with E-state index >= 15 is 0 Å². The maximum Gasteiger partial charge on any atom is 0.224 e. The summed E-state index contributed by atoms with van der Waals surface area (Å²) in [5.41, 5.74) is 3.30. The zero-order valence-corrected chi connectivity index (χ0v) is 14.2. The van der Waals surface area contributed by atoms with Gasteiger partial charge in [0.15, 0.2) is 0 Å². The van der Waals surface area contributed by atoms with Crippen LogP contribution < -0.4 is 10.2 Å². The first-order chi connectivity index (χ1) is 11.8. The number of nitrogens with one attached hydrogen (secondary N) is 1. The maximum absolute atomic E-state index is 12.4. The summed E-state index contributed by atoms with van der Waals surface area (Å²) in [5.74, 6) is 0.0844. The average molecular weight is 322 g/mol. The second-order valence-corrected chi connectivity index (χ2v) is 6.45. The van der Waals surface area contributed by atoms with E-state index in [1.807, 2.05) is 30.3 Å². The number of para-hydroxylation sites is 2. The van der Waals surface area contributed by atoms with E-state index in [2.05, 4.69) is 34.5 Å². The molecule has 0 atom stereocenters. The van der Waals surface area contributed by atoms with Crippen molar-refractivity contribution in [1.29, 1.82) is 0 Å². The van der Waals surface area contributed by atoms with Gasteiger partial charge >= 0.3 is 0 Å². The lowest BCUT2D eigenvalue weighted by molar-refractivity contribution is -0.116. The van der Waals surface area contributed by atoms with E-state index < -0.39 is 0 Å². The van der Waals surface area contributed by atoms with E-state index in [0.717, 1.165) is 30.9 Å². The minimum absolute atomic E-state index is 0.0844. The number of anilines is 2. The van der Waals surface area contributed by atoms with E-state index in [4.69, 9.17) is 0 Å². The molecule has 1 N–H and O–H groups in total. The Morgan fingerprint density at radius 2 is 1.54 bits per heavy atom. The van der Waals surface area contributed by atoms with Crippen molar-refractivity contribution in [2.45, 2.75) is 38.5 Å². The Morgan fingerprint density at radius 3 is 2.29 bits per heavy atom. The van der Waals surface area contributed by atoms with Crippen molar-refractivity contribution in [2.75, 3.05) is 23.3 Å². The average Bonchev–Trinajstić information content (AvgIpc) is 2.91. The lowest BCUT2D eigenvalue weighted by Crippen LogP contribution is -2.25. The predicted molar refractivity (Wildman–Crippen MR) is 101 cm³/mol. The number of rotatable bonds is 5. The van der Waals surface area contributed by atoms with Crippen LogP contribution in [0.25, 0.3) is 0 Å². The molecule has 3 rings (SSSR count). The smallest absolute Gasteiger partial charge is 0.224 e. The van der Waals surface area contributed by atoms with E-state index in [1.54, 1.807) is 0 Å². The van der Waals surface area contributed by atoms with Crippen LogP contribution in [0.1, 0.15) is 37.7 Å². The molecule has 126 valence electrons. The predicted octanol–water partition coefficient (Wildman–Crippen LogP) is 4.64. The van der Waals surface area contributed by atoms with Gasteiger partial charge in [-0.05, 0) is 37.0 Å². The minimum Gasteiger partial charge on any atom is -0.370 e. The van der Waals surface area contributed by atoms with Crippen molar-refractivity contribution >= 4 is 17.3 Å². The number of hydrogen-bond acceptors (Lipinski definition) is 2. The second kappa shape index (κ2) is 8.53. The van der Waals surface area contributed by atoms with Gasteiger partial charge in [0, 0.05) is 19.5 Å². The summed E-state index contributed by atoms with van der Waals surface area (Å²) >= 11 is 0. The summed E-state index contributed by atoms with van der Waals surface area (Å²) in [6.45, 7) is 2.16. The Bertz CT molecular complexity index is 646. The SMILES string of the molecule is O=C(CCc1ccccc1)Nc1ccccc1N1CCCCCC1. The van der Waals surface area contributed by atoms with Gasteiger partial charge in [-0.3, -0.25) is 4.79 Å². The third-order valence-electron chi connectivity index (χ3n) is 4.61. The summed E-state index contributed by atoms with van der Waals surface area (Å²) in [7, 11) is 0. The molecule has 0 unspecified atom stereocenters. The van der Waals surface area contributed by atoms with Crippen LogP contribution in [0.4, 0.5) is 11.4 Å². The van der Waals surface area contributed by atoms with Gasteiger partial charge < -0.3 is 10.2 Å². The van der Waals surface area contributed by atoms with Gasteiger partial charge in [-0.1, -0.05) is 55.3 Å². The number of hydrogen-bond donors (Lipinski definition) is 1. The normalized spacial score (nSPS) is 14.9. The fraction of sp³-hybridized carbons (Fsp3) is 0.381. The molecule has 0 saturated carbocycles. The first-order valence-electron chi connectivity index (χ1n) is 9.01. The summed E-state index contributed by atoms with van der Waals surface area (Å²) in [6, 6.07) is 18.4. The summed E-state index contributed by atoms with van der Waals surface area (Å²) in [6.07, 6.45) is 6.37. The lowest BCUT2D eigenvalue weighted by Gasteiger charge is -2.25. The van der Waals surface area contributed by atoms with Crippen LogP contribution in [0.2, 0.25) is 0 Å². The lowest BCUT2D eigenvalue weighted by atomic mass is 10.1. The molecule has 1 aliphatic rings. The number of carbonyl (C=O) groups is 1. The van der Waals surface area contributed by atoms with Crippen LogP contribution in [0.5, 0.6) is 0 Å². The van der Waals surface area contributed by atoms with Crippen LogP contribution in [0.3, 0.4) is 0 Å². The number of amides is 1. The van der Waals surface area contributed by atoms with E-state index in [0.29, 0.717) is 6.42 Å². The Labute approximate surface area is 144 Å². The molecule has 1 aliphatic heterocycles. The van der Waals surface area contributed by atoms with Crippen molar-refractivity contribution < 1.29 is 4.79 Å². The van der Waals surface area contributed by atoms with E-state index in [-0.39, 0.29) is 5.91 Å². The molecule has 1 amide bonds. The van der Waals surface area contributed by atoms with Gasteiger partial charge in [0.25, 0.3) is 0 Å². The molecule has 1 heterocycles. The summed E-state index contributed by atoms with van der Waals surface area (Å²) < 4.78 is 0. The Hall–Kier alpha value is -2.29. The fourth-order valence-electron chi connectivity index (χ4n) is 3.28. The molecular weight excluding hydrogens is 296 g/mol. The highest BCUT2D eigenvalue weighted by atomic mass is 16.1. The Morgan fingerprint density at radius 1 is 0.875 bits per heavy atom. The van der Waals surface area contributed by atoms with Gasteiger partial charge in [-0.2, -0.15) is 0 Å². The number of nitrogens with zero attached hydrogens (tertiary/aromatic N) is 1. The van der Waals surface area contributed by atoms with Crippen molar-refractivity contribution in [3.63, 3.8) is 0 Å². The highest BCUT2D eigenvalue weighted by Crippen LogP contribution is 2.28. The van der Waals surface area contributed by atoms with Crippen LogP contribution in [-0.4, -0.2) is 19.0 Å². The third kappa shape index (κ3) is 4.60. The molecule has 2 aromatic carbocycles. The summed E-state index contributed by atoms with van der Waals surface area (Å²) in [4.78, 5) is 14.8. The molecule has 3 heteroatoms. The molecule has 0 aliphatic carbocycles. The van der Waals surface area contributed by atoms with Gasteiger partial charge in [0.05, 0.1) is 11.4 Å². The van der Waals surface area contributed by atoms with Crippen molar-refractivity contribution in [1.82, 2.24) is 0 Å². The van der Waals surface area contributed by atoms with Crippen molar-refractivity contribution in [3.8, 4) is 0 Å². The minimum atomic E-state index is 0.0844. The van der Waals surface area contributed by atoms with Gasteiger partial charge in [-0.25, -0.2) is 0 Å². The van der Waals surface area contributed by atoms with Crippen LogP contribution in [-0.2, 0) is 11.2 Å². The molecule has 0 aromatic heterocycles. The first-order valence-corrected chi connectivity index (χ1v) is 9.01.